The molecule has 0 amide bonds. The summed E-state index contributed by atoms with van der Waals surface area (Å²) in [6, 6.07) is 0. The molecule has 2 rings (SSSR count). The van der Waals surface area contributed by atoms with E-state index in [9.17, 15) is 0 Å². The van der Waals surface area contributed by atoms with E-state index < -0.39 is 0 Å². The number of hydrogen-bond donors (Lipinski definition) is 0. The van der Waals surface area contributed by atoms with Crippen LogP contribution in [0.15, 0.2) is 0 Å². The van der Waals surface area contributed by atoms with Gasteiger partial charge in [0.25, 0.3) is 0 Å². The van der Waals surface area contributed by atoms with E-state index in [1.54, 1.807) is 25.7 Å². The molecule has 0 heteroatoms. The van der Waals surface area contributed by atoms with Crippen molar-refractivity contribution in [2.75, 3.05) is 0 Å². The second-order valence-electron chi connectivity index (χ2n) is 15.1. The Hall–Kier alpha value is 0. The summed E-state index contributed by atoms with van der Waals surface area (Å²) in [5, 5.41) is 0. The molecule has 0 aliphatic heterocycles. The summed E-state index contributed by atoms with van der Waals surface area (Å²) in [5.41, 5.74) is 0. The Labute approximate surface area is 261 Å². The molecule has 0 radical (unpaired) electrons. The predicted molar refractivity (Wildman–Crippen MR) is 187 cm³/mol. The van der Waals surface area contributed by atoms with Gasteiger partial charge in [0.05, 0.1) is 0 Å². The van der Waals surface area contributed by atoms with Gasteiger partial charge >= 0.3 is 0 Å². The van der Waals surface area contributed by atoms with Crippen LogP contribution in [0.2, 0.25) is 0 Å². The first-order valence-corrected chi connectivity index (χ1v) is 20.4. The standard InChI is InChI=1S/C41H80/c1-2-41(39-35-31-27-23-19-15-11-7-3-4-8-12-16-20-24-28-32-36-39)40-37-33-29-25-21-17-13-9-5-6-10-14-18-22-26-30-34-38-40/h39-41H,2-38H2,1H3. The highest BCUT2D eigenvalue weighted by molar-refractivity contribution is 4.78. The van der Waals surface area contributed by atoms with Gasteiger partial charge in [-0.3, -0.25) is 0 Å². The quantitative estimate of drug-likeness (QED) is 0.315. The topological polar surface area (TPSA) is 0 Å². The summed E-state index contributed by atoms with van der Waals surface area (Å²) >= 11 is 0. The van der Waals surface area contributed by atoms with Crippen molar-refractivity contribution in [1.29, 1.82) is 0 Å². The molecule has 244 valence electrons. The minimum absolute atomic E-state index is 1.01. The average molecular weight is 573 g/mol. The molecule has 2 fully saturated rings. The fourth-order valence-corrected chi connectivity index (χ4v) is 8.77. The molecule has 0 aromatic carbocycles. The second-order valence-corrected chi connectivity index (χ2v) is 15.1. The van der Waals surface area contributed by atoms with Gasteiger partial charge < -0.3 is 0 Å². The lowest BCUT2D eigenvalue weighted by atomic mass is 9.71. The molecule has 0 bridgehead atoms. The Balaban J connectivity index is 1.91. The zero-order valence-electron chi connectivity index (χ0n) is 28.9. The van der Waals surface area contributed by atoms with E-state index in [1.165, 1.54) is 212 Å². The third kappa shape index (κ3) is 21.4. The van der Waals surface area contributed by atoms with E-state index >= 15 is 0 Å². The summed E-state index contributed by atoms with van der Waals surface area (Å²) in [7, 11) is 0. The molecular weight excluding hydrogens is 492 g/mol. The van der Waals surface area contributed by atoms with Crippen molar-refractivity contribution in [1.82, 2.24) is 0 Å². The van der Waals surface area contributed by atoms with Crippen molar-refractivity contribution in [3.63, 3.8) is 0 Å². The minimum atomic E-state index is 1.01. The van der Waals surface area contributed by atoms with E-state index in [0.29, 0.717) is 0 Å². The Kier molecular flexibility index (Phi) is 26.1. The first kappa shape index (κ1) is 37.2. The predicted octanol–water partition coefficient (Wildman–Crippen LogP) is 15.3. The van der Waals surface area contributed by atoms with Crippen LogP contribution in [0.1, 0.15) is 244 Å². The summed E-state index contributed by atoms with van der Waals surface area (Å²) in [4.78, 5) is 0. The number of hydrogen-bond acceptors (Lipinski definition) is 0. The van der Waals surface area contributed by atoms with Gasteiger partial charge in [0, 0.05) is 0 Å². The van der Waals surface area contributed by atoms with Crippen molar-refractivity contribution >= 4 is 0 Å². The number of rotatable bonds is 3. The zero-order chi connectivity index (χ0) is 28.9. The molecule has 0 aromatic heterocycles. The van der Waals surface area contributed by atoms with E-state index in [-0.39, 0.29) is 0 Å². The molecule has 0 N–H and O–H groups in total. The first-order valence-electron chi connectivity index (χ1n) is 20.4. The van der Waals surface area contributed by atoms with E-state index in [0.717, 1.165) is 17.8 Å². The van der Waals surface area contributed by atoms with Gasteiger partial charge in [0.15, 0.2) is 0 Å². The Morgan fingerprint density at radius 1 is 0.268 bits per heavy atom. The van der Waals surface area contributed by atoms with Crippen molar-refractivity contribution < 1.29 is 0 Å². The summed E-state index contributed by atoms with van der Waals surface area (Å²) < 4.78 is 0. The van der Waals surface area contributed by atoms with E-state index in [4.69, 9.17) is 0 Å². The summed E-state index contributed by atoms with van der Waals surface area (Å²) in [6.07, 6.45) is 55.9. The molecule has 0 saturated heterocycles. The van der Waals surface area contributed by atoms with Crippen LogP contribution in [0.5, 0.6) is 0 Å². The summed E-state index contributed by atoms with van der Waals surface area (Å²) in [5.74, 6) is 3.06. The van der Waals surface area contributed by atoms with Crippen molar-refractivity contribution in [2.24, 2.45) is 17.8 Å². The largest absolute Gasteiger partial charge is 0.0651 e. The Bertz CT molecular complexity index is 424. The van der Waals surface area contributed by atoms with E-state index in [1.807, 2.05) is 0 Å². The lowest BCUT2D eigenvalue weighted by molar-refractivity contribution is 0.164. The molecule has 0 heterocycles. The Morgan fingerprint density at radius 2 is 0.415 bits per heavy atom. The maximum atomic E-state index is 2.58. The molecule has 0 spiro atoms. The van der Waals surface area contributed by atoms with Crippen molar-refractivity contribution in [3.8, 4) is 0 Å². The zero-order valence-corrected chi connectivity index (χ0v) is 28.9. The SMILES string of the molecule is CCC(C1CCCCCCCCCCCCCCCCCC1)C1CCCCCCCCCCCCCCCCCC1. The highest BCUT2D eigenvalue weighted by Crippen LogP contribution is 2.38. The molecule has 41 heavy (non-hydrogen) atoms. The Morgan fingerprint density at radius 3 is 0.561 bits per heavy atom. The normalized spacial score (nSPS) is 24.7. The molecule has 2 saturated carbocycles. The molecule has 0 nitrogen and oxygen atoms in total. The van der Waals surface area contributed by atoms with Crippen LogP contribution < -0.4 is 0 Å². The van der Waals surface area contributed by atoms with Crippen LogP contribution in [0.4, 0.5) is 0 Å². The lowest BCUT2D eigenvalue weighted by Gasteiger charge is -2.34. The van der Waals surface area contributed by atoms with Gasteiger partial charge in [-0.1, -0.05) is 244 Å². The van der Waals surface area contributed by atoms with Gasteiger partial charge in [0.1, 0.15) is 0 Å². The van der Waals surface area contributed by atoms with Crippen LogP contribution >= 0.6 is 0 Å². The van der Waals surface area contributed by atoms with Crippen LogP contribution in [-0.4, -0.2) is 0 Å². The fraction of sp³-hybridized carbons (Fsp3) is 1.00. The maximum absolute atomic E-state index is 2.58. The minimum Gasteiger partial charge on any atom is -0.0651 e. The van der Waals surface area contributed by atoms with Gasteiger partial charge in [-0.25, -0.2) is 0 Å². The average Bonchev–Trinajstić information content (AvgIpc) is 2.98. The van der Waals surface area contributed by atoms with Crippen LogP contribution in [0.3, 0.4) is 0 Å². The van der Waals surface area contributed by atoms with Crippen LogP contribution in [0.25, 0.3) is 0 Å². The maximum Gasteiger partial charge on any atom is -0.0360 e. The van der Waals surface area contributed by atoms with Crippen LogP contribution in [0, 0.1) is 17.8 Å². The molecule has 0 aromatic rings. The highest BCUT2D eigenvalue weighted by atomic mass is 14.3. The molecule has 0 atom stereocenters. The van der Waals surface area contributed by atoms with Gasteiger partial charge in [-0.15, -0.1) is 0 Å². The third-order valence-corrected chi connectivity index (χ3v) is 11.5. The van der Waals surface area contributed by atoms with Gasteiger partial charge in [0.2, 0.25) is 0 Å². The van der Waals surface area contributed by atoms with Gasteiger partial charge in [-0.2, -0.15) is 0 Å². The fourth-order valence-electron chi connectivity index (χ4n) is 8.77. The van der Waals surface area contributed by atoms with Crippen LogP contribution in [-0.2, 0) is 0 Å². The third-order valence-electron chi connectivity index (χ3n) is 11.5. The second kappa shape index (κ2) is 28.8. The molecular formula is C41H80. The van der Waals surface area contributed by atoms with Crippen molar-refractivity contribution in [2.45, 2.75) is 244 Å². The lowest BCUT2D eigenvalue weighted by Crippen LogP contribution is -2.24. The smallest absolute Gasteiger partial charge is 0.0360 e. The van der Waals surface area contributed by atoms with Gasteiger partial charge in [-0.05, 0) is 17.8 Å². The highest BCUT2D eigenvalue weighted by Gasteiger charge is 2.27. The molecule has 2 aliphatic rings. The first-order chi connectivity index (χ1) is 20.4. The molecule has 0 unspecified atom stereocenters. The van der Waals surface area contributed by atoms with E-state index in [2.05, 4.69) is 6.92 Å². The monoisotopic (exact) mass is 573 g/mol. The molecule has 2 aliphatic carbocycles. The summed E-state index contributed by atoms with van der Waals surface area (Å²) in [6.45, 7) is 2.58. The van der Waals surface area contributed by atoms with Crippen molar-refractivity contribution in [3.05, 3.63) is 0 Å².